The van der Waals surface area contributed by atoms with Crippen molar-refractivity contribution in [2.24, 2.45) is 4.99 Å². The largest absolute Gasteiger partial charge is 0.356 e. The standard InChI is InChI=1S/C19H35N5S.HI/c1-19(2,3)16-15-25-17(23-16)14-22-18(20-4)21-10-9-13-24-11-7-5-6-8-12-24;/h15H,5-14H2,1-4H3,(H2,20,21,22);1H. The number of nitrogens with one attached hydrogen (secondary N) is 2. The highest BCUT2D eigenvalue weighted by atomic mass is 127. The van der Waals surface area contributed by atoms with Crippen molar-refractivity contribution in [1.82, 2.24) is 20.5 Å². The second-order valence-corrected chi connectivity index (χ2v) is 8.78. The van der Waals surface area contributed by atoms with Crippen LogP contribution in [0.15, 0.2) is 10.4 Å². The maximum absolute atomic E-state index is 4.72. The minimum absolute atomic E-state index is 0. The van der Waals surface area contributed by atoms with Gasteiger partial charge < -0.3 is 15.5 Å². The van der Waals surface area contributed by atoms with Crippen LogP contribution in [0.1, 0.15) is 63.6 Å². The van der Waals surface area contributed by atoms with Crippen LogP contribution in [0, 0.1) is 0 Å². The van der Waals surface area contributed by atoms with Crippen LogP contribution < -0.4 is 10.6 Å². The molecule has 26 heavy (non-hydrogen) atoms. The third kappa shape index (κ3) is 8.52. The van der Waals surface area contributed by atoms with Gasteiger partial charge in [0.05, 0.1) is 12.2 Å². The van der Waals surface area contributed by atoms with Crippen LogP contribution in [-0.2, 0) is 12.0 Å². The molecule has 5 nitrogen and oxygen atoms in total. The molecule has 7 heteroatoms. The maximum atomic E-state index is 4.72. The average molecular weight is 494 g/mol. The number of aromatic nitrogens is 1. The number of likely N-dealkylation sites (tertiary alicyclic amines) is 1. The van der Waals surface area contributed by atoms with Gasteiger partial charge in [0.25, 0.3) is 0 Å². The van der Waals surface area contributed by atoms with Crippen LogP contribution in [0.4, 0.5) is 0 Å². The maximum Gasteiger partial charge on any atom is 0.191 e. The summed E-state index contributed by atoms with van der Waals surface area (Å²) in [6, 6.07) is 0. The zero-order valence-electron chi connectivity index (χ0n) is 16.8. The van der Waals surface area contributed by atoms with E-state index in [2.05, 4.69) is 46.7 Å². The molecule has 0 radical (unpaired) electrons. The predicted molar refractivity (Wildman–Crippen MR) is 124 cm³/mol. The Hall–Kier alpha value is -0.410. The summed E-state index contributed by atoms with van der Waals surface area (Å²) in [6.07, 6.45) is 6.69. The van der Waals surface area contributed by atoms with Gasteiger partial charge in [-0.1, -0.05) is 33.6 Å². The molecule has 0 saturated carbocycles. The number of guanidine groups is 1. The molecule has 0 aromatic carbocycles. The topological polar surface area (TPSA) is 52.6 Å². The molecule has 0 atom stereocenters. The molecule has 0 aliphatic carbocycles. The fourth-order valence-corrected chi connectivity index (χ4v) is 3.95. The molecule has 1 aromatic rings. The SMILES string of the molecule is CN=C(NCCCN1CCCCCC1)NCc1nc(C(C)(C)C)cs1.I. The molecule has 150 valence electrons. The molecule has 2 N–H and O–H groups in total. The molecule has 1 saturated heterocycles. The molecular weight excluding hydrogens is 457 g/mol. The van der Waals surface area contributed by atoms with Crippen molar-refractivity contribution in [1.29, 1.82) is 0 Å². The van der Waals surface area contributed by atoms with E-state index in [9.17, 15) is 0 Å². The van der Waals surface area contributed by atoms with E-state index in [1.165, 1.54) is 45.3 Å². The van der Waals surface area contributed by atoms with Crippen LogP contribution in [0.3, 0.4) is 0 Å². The van der Waals surface area contributed by atoms with Crippen molar-refractivity contribution < 1.29 is 0 Å². The predicted octanol–water partition coefficient (Wildman–Crippen LogP) is 3.99. The third-order valence-corrected chi connectivity index (χ3v) is 5.44. The van der Waals surface area contributed by atoms with Crippen LogP contribution in [0.25, 0.3) is 0 Å². The lowest BCUT2D eigenvalue weighted by atomic mass is 9.93. The summed E-state index contributed by atoms with van der Waals surface area (Å²) in [5.41, 5.74) is 1.27. The van der Waals surface area contributed by atoms with E-state index < -0.39 is 0 Å². The van der Waals surface area contributed by atoms with Crippen molar-refractivity contribution >= 4 is 41.3 Å². The first-order valence-corrected chi connectivity index (χ1v) is 10.5. The van der Waals surface area contributed by atoms with Gasteiger partial charge in [0.2, 0.25) is 0 Å². The summed E-state index contributed by atoms with van der Waals surface area (Å²) in [5, 5.41) is 10.1. The van der Waals surface area contributed by atoms with Gasteiger partial charge in [-0.3, -0.25) is 4.99 Å². The third-order valence-electron chi connectivity index (χ3n) is 4.59. The minimum Gasteiger partial charge on any atom is -0.356 e. The molecule has 2 rings (SSSR count). The van der Waals surface area contributed by atoms with E-state index in [1.807, 2.05) is 7.05 Å². The van der Waals surface area contributed by atoms with Crippen molar-refractivity contribution in [3.8, 4) is 0 Å². The van der Waals surface area contributed by atoms with Crippen LogP contribution in [-0.4, -0.2) is 49.1 Å². The highest BCUT2D eigenvalue weighted by Gasteiger charge is 2.17. The lowest BCUT2D eigenvalue weighted by Crippen LogP contribution is -2.38. The molecule has 1 fully saturated rings. The van der Waals surface area contributed by atoms with Gasteiger partial charge in [-0.15, -0.1) is 35.3 Å². The Morgan fingerprint density at radius 2 is 1.88 bits per heavy atom. The summed E-state index contributed by atoms with van der Waals surface area (Å²) in [4.78, 5) is 11.6. The Labute approximate surface area is 180 Å². The zero-order chi connectivity index (χ0) is 18.1. The molecule has 0 unspecified atom stereocenters. The molecule has 0 bridgehead atoms. The smallest absolute Gasteiger partial charge is 0.191 e. The van der Waals surface area contributed by atoms with Crippen LogP contribution in [0.2, 0.25) is 0 Å². The van der Waals surface area contributed by atoms with Crippen LogP contribution >= 0.6 is 35.3 Å². The van der Waals surface area contributed by atoms with E-state index in [0.29, 0.717) is 0 Å². The number of thiazole rings is 1. The normalized spacial score (nSPS) is 16.7. The highest BCUT2D eigenvalue weighted by Crippen LogP contribution is 2.23. The molecule has 1 aliphatic heterocycles. The molecular formula is C19H36IN5S. The Balaban J connectivity index is 0.00000338. The van der Waals surface area contributed by atoms with E-state index in [-0.39, 0.29) is 29.4 Å². The first-order valence-electron chi connectivity index (χ1n) is 9.61. The fourth-order valence-electron chi connectivity index (χ4n) is 2.99. The number of aliphatic imine (C=N–C) groups is 1. The minimum atomic E-state index is 0. The average Bonchev–Trinajstić information content (AvgIpc) is 2.91. The molecule has 1 aliphatic rings. The fraction of sp³-hybridized carbons (Fsp3) is 0.789. The lowest BCUT2D eigenvalue weighted by Gasteiger charge is -2.20. The second kappa shape index (κ2) is 12.1. The monoisotopic (exact) mass is 493 g/mol. The van der Waals surface area contributed by atoms with Crippen molar-refractivity contribution in [2.45, 2.75) is 64.8 Å². The highest BCUT2D eigenvalue weighted by molar-refractivity contribution is 14.0. The van der Waals surface area contributed by atoms with Gasteiger partial charge in [0, 0.05) is 24.4 Å². The lowest BCUT2D eigenvalue weighted by molar-refractivity contribution is 0.282. The molecule has 0 amide bonds. The second-order valence-electron chi connectivity index (χ2n) is 7.84. The Morgan fingerprint density at radius 3 is 2.46 bits per heavy atom. The molecule has 1 aromatic heterocycles. The summed E-state index contributed by atoms with van der Waals surface area (Å²) in [6.45, 7) is 12.0. The van der Waals surface area contributed by atoms with Crippen molar-refractivity contribution in [3.63, 3.8) is 0 Å². The van der Waals surface area contributed by atoms with Gasteiger partial charge in [-0.25, -0.2) is 4.98 Å². The first-order chi connectivity index (χ1) is 12.0. The number of hydrogen-bond acceptors (Lipinski definition) is 4. The van der Waals surface area contributed by atoms with Gasteiger partial charge in [-0.2, -0.15) is 0 Å². The van der Waals surface area contributed by atoms with Gasteiger partial charge in [-0.05, 0) is 38.9 Å². The van der Waals surface area contributed by atoms with E-state index in [0.717, 1.165) is 36.2 Å². The summed E-state index contributed by atoms with van der Waals surface area (Å²) in [7, 11) is 1.83. The Morgan fingerprint density at radius 1 is 1.19 bits per heavy atom. The van der Waals surface area contributed by atoms with Gasteiger partial charge in [0.15, 0.2) is 5.96 Å². The van der Waals surface area contributed by atoms with Crippen LogP contribution in [0.5, 0.6) is 0 Å². The number of nitrogens with zero attached hydrogens (tertiary/aromatic N) is 3. The summed E-state index contributed by atoms with van der Waals surface area (Å²) >= 11 is 1.71. The van der Waals surface area contributed by atoms with Crippen molar-refractivity contribution in [3.05, 3.63) is 16.1 Å². The zero-order valence-corrected chi connectivity index (χ0v) is 20.0. The van der Waals surface area contributed by atoms with Gasteiger partial charge >= 0.3 is 0 Å². The quantitative estimate of drug-likeness (QED) is 0.272. The molecule has 2 heterocycles. The summed E-state index contributed by atoms with van der Waals surface area (Å²) < 4.78 is 0. The number of hydrogen-bond donors (Lipinski definition) is 2. The first kappa shape index (κ1) is 23.6. The summed E-state index contributed by atoms with van der Waals surface area (Å²) in [5.74, 6) is 0.864. The van der Waals surface area contributed by atoms with E-state index >= 15 is 0 Å². The Bertz CT molecular complexity index is 530. The van der Waals surface area contributed by atoms with E-state index in [1.54, 1.807) is 11.3 Å². The number of halogens is 1. The molecule has 0 spiro atoms. The Kier molecular flexibility index (Phi) is 11.0. The van der Waals surface area contributed by atoms with Gasteiger partial charge in [0.1, 0.15) is 5.01 Å². The van der Waals surface area contributed by atoms with E-state index in [4.69, 9.17) is 4.98 Å². The van der Waals surface area contributed by atoms with Crippen molar-refractivity contribution in [2.75, 3.05) is 33.2 Å². The number of rotatable bonds is 6.